The fourth-order valence-corrected chi connectivity index (χ4v) is 3.77. The van der Waals surface area contributed by atoms with Crippen molar-refractivity contribution in [3.8, 4) is 11.8 Å². The molecule has 1 aliphatic rings. The Hall–Kier alpha value is -3.64. The number of aromatic nitrogens is 1. The Bertz CT molecular complexity index is 1090. The molecule has 3 heterocycles. The van der Waals surface area contributed by atoms with E-state index in [4.69, 9.17) is 9.15 Å². The number of hydrogen-bond acceptors (Lipinski definition) is 7. The van der Waals surface area contributed by atoms with E-state index in [1.54, 1.807) is 22.3 Å². The van der Waals surface area contributed by atoms with Crippen molar-refractivity contribution in [1.29, 1.82) is 5.26 Å². The van der Waals surface area contributed by atoms with E-state index in [1.165, 1.54) is 24.3 Å². The highest BCUT2D eigenvalue weighted by Crippen LogP contribution is 2.24. The summed E-state index contributed by atoms with van der Waals surface area (Å²) in [6, 6.07) is 11.5. The van der Waals surface area contributed by atoms with Crippen molar-refractivity contribution < 1.29 is 18.3 Å². The quantitative estimate of drug-likeness (QED) is 0.584. The van der Waals surface area contributed by atoms with Crippen LogP contribution in [0.1, 0.15) is 16.5 Å². The topological polar surface area (TPSA) is 82.6 Å². The predicted octanol–water partition coefficient (Wildman–Crippen LogP) is 3.64. The molecule has 158 valence electrons. The van der Waals surface area contributed by atoms with Crippen LogP contribution in [0.3, 0.4) is 0 Å². The number of carbonyl (C=O) groups excluding carboxylic acids is 1. The Morgan fingerprint density at radius 2 is 2.00 bits per heavy atom. The summed E-state index contributed by atoms with van der Waals surface area (Å²) in [5.74, 6) is 0.719. The molecule has 1 amide bonds. The molecule has 0 N–H and O–H groups in total. The predicted molar refractivity (Wildman–Crippen MR) is 115 cm³/mol. The van der Waals surface area contributed by atoms with Gasteiger partial charge in [-0.25, -0.2) is 4.39 Å². The number of thiophene rings is 1. The van der Waals surface area contributed by atoms with Crippen molar-refractivity contribution in [2.24, 2.45) is 0 Å². The third kappa shape index (κ3) is 5.10. The van der Waals surface area contributed by atoms with Crippen LogP contribution in [-0.2, 0) is 4.79 Å². The van der Waals surface area contributed by atoms with Gasteiger partial charge in [-0.2, -0.15) is 10.2 Å². The highest BCUT2D eigenvalue weighted by molar-refractivity contribution is 7.10. The van der Waals surface area contributed by atoms with Crippen LogP contribution >= 0.6 is 11.3 Å². The molecule has 1 fully saturated rings. The SMILES string of the molecule is N#Cc1nc(/C=C/c2cccs2)oc1N1CCN(C(=O)COc2ccc(F)cc2)CC1. The number of nitriles is 1. The minimum absolute atomic E-state index is 0.116. The van der Waals surface area contributed by atoms with Crippen LogP contribution in [0.5, 0.6) is 5.75 Å². The number of ether oxygens (including phenoxy) is 1. The largest absolute Gasteiger partial charge is 0.484 e. The Kier molecular flexibility index (Phi) is 6.29. The van der Waals surface area contributed by atoms with E-state index in [9.17, 15) is 14.4 Å². The maximum Gasteiger partial charge on any atom is 0.260 e. The monoisotopic (exact) mass is 438 g/mol. The van der Waals surface area contributed by atoms with Crippen LogP contribution in [-0.4, -0.2) is 48.6 Å². The molecular formula is C22H19FN4O3S. The van der Waals surface area contributed by atoms with Crippen molar-refractivity contribution in [3.05, 3.63) is 64.1 Å². The van der Waals surface area contributed by atoms with Gasteiger partial charge in [-0.15, -0.1) is 11.3 Å². The number of rotatable bonds is 6. The number of nitrogens with zero attached hydrogens (tertiary/aromatic N) is 4. The van der Waals surface area contributed by atoms with Gasteiger partial charge in [-0.05, 0) is 41.8 Å². The molecular weight excluding hydrogens is 419 g/mol. The number of piperazine rings is 1. The summed E-state index contributed by atoms with van der Waals surface area (Å²) in [5, 5.41) is 11.4. The lowest BCUT2D eigenvalue weighted by Crippen LogP contribution is -2.50. The van der Waals surface area contributed by atoms with Crippen LogP contribution in [0.4, 0.5) is 10.3 Å². The molecule has 1 aromatic carbocycles. The molecule has 7 nitrogen and oxygen atoms in total. The lowest BCUT2D eigenvalue weighted by Gasteiger charge is -2.34. The molecule has 9 heteroatoms. The van der Waals surface area contributed by atoms with Crippen molar-refractivity contribution in [1.82, 2.24) is 9.88 Å². The molecule has 0 atom stereocenters. The van der Waals surface area contributed by atoms with E-state index in [0.29, 0.717) is 43.7 Å². The second-order valence-corrected chi connectivity index (χ2v) is 7.76. The lowest BCUT2D eigenvalue weighted by atomic mass is 10.3. The normalized spacial score (nSPS) is 14.1. The van der Waals surface area contributed by atoms with Gasteiger partial charge in [-0.3, -0.25) is 4.79 Å². The van der Waals surface area contributed by atoms with Gasteiger partial charge >= 0.3 is 0 Å². The van der Waals surface area contributed by atoms with Crippen LogP contribution in [0.15, 0.2) is 46.2 Å². The number of anilines is 1. The molecule has 0 aliphatic carbocycles. The molecule has 0 bridgehead atoms. The smallest absolute Gasteiger partial charge is 0.260 e. The van der Waals surface area contributed by atoms with E-state index in [-0.39, 0.29) is 24.0 Å². The number of hydrogen-bond donors (Lipinski definition) is 0. The molecule has 1 aliphatic heterocycles. The maximum absolute atomic E-state index is 12.9. The number of oxazole rings is 1. The molecule has 4 rings (SSSR count). The Morgan fingerprint density at radius 3 is 2.68 bits per heavy atom. The van der Waals surface area contributed by atoms with Gasteiger partial charge in [0.1, 0.15) is 17.6 Å². The van der Waals surface area contributed by atoms with Crippen molar-refractivity contribution >= 4 is 35.3 Å². The number of amides is 1. The lowest BCUT2D eigenvalue weighted by molar-refractivity contribution is -0.133. The van der Waals surface area contributed by atoms with E-state index < -0.39 is 0 Å². The zero-order valence-corrected chi connectivity index (χ0v) is 17.3. The highest BCUT2D eigenvalue weighted by Gasteiger charge is 2.26. The van der Waals surface area contributed by atoms with E-state index in [2.05, 4.69) is 11.1 Å². The average Bonchev–Trinajstić information content (AvgIpc) is 3.47. The molecule has 31 heavy (non-hydrogen) atoms. The van der Waals surface area contributed by atoms with Gasteiger partial charge in [-0.1, -0.05) is 6.07 Å². The van der Waals surface area contributed by atoms with Gasteiger partial charge in [0, 0.05) is 37.1 Å². The van der Waals surface area contributed by atoms with Crippen molar-refractivity contribution in [3.63, 3.8) is 0 Å². The fourth-order valence-electron chi connectivity index (χ4n) is 3.15. The van der Waals surface area contributed by atoms with Crippen molar-refractivity contribution in [2.45, 2.75) is 0 Å². The molecule has 0 spiro atoms. The number of halogens is 1. The van der Waals surface area contributed by atoms with Gasteiger partial charge < -0.3 is 19.0 Å². The second-order valence-electron chi connectivity index (χ2n) is 6.78. The van der Waals surface area contributed by atoms with E-state index >= 15 is 0 Å². The maximum atomic E-state index is 12.9. The molecule has 0 radical (unpaired) electrons. The first-order valence-electron chi connectivity index (χ1n) is 9.66. The summed E-state index contributed by atoms with van der Waals surface area (Å²) in [4.78, 5) is 21.3. The van der Waals surface area contributed by atoms with E-state index in [0.717, 1.165) is 4.88 Å². The Labute approximate surface area is 182 Å². The Balaban J connectivity index is 1.33. The number of carbonyl (C=O) groups is 1. The summed E-state index contributed by atoms with van der Waals surface area (Å²) in [7, 11) is 0. The van der Waals surface area contributed by atoms with Crippen LogP contribution in [0.2, 0.25) is 0 Å². The zero-order chi connectivity index (χ0) is 21.6. The first kappa shape index (κ1) is 20.6. The third-order valence-electron chi connectivity index (χ3n) is 4.76. The molecule has 2 aromatic heterocycles. The molecule has 3 aromatic rings. The summed E-state index contributed by atoms with van der Waals surface area (Å²) in [5.41, 5.74) is 0.227. The highest BCUT2D eigenvalue weighted by atomic mass is 32.1. The molecule has 0 saturated carbocycles. The van der Waals surface area contributed by atoms with Gasteiger partial charge in [0.15, 0.2) is 6.61 Å². The van der Waals surface area contributed by atoms with Crippen LogP contribution in [0, 0.1) is 17.1 Å². The fraction of sp³-hybridized carbons (Fsp3) is 0.227. The van der Waals surface area contributed by atoms with Crippen LogP contribution < -0.4 is 9.64 Å². The molecule has 1 saturated heterocycles. The van der Waals surface area contributed by atoms with Gasteiger partial charge in [0.05, 0.1) is 0 Å². The summed E-state index contributed by atoms with van der Waals surface area (Å²) in [6.45, 7) is 1.85. The molecule has 0 unspecified atom stereocenters. The van der Waals surface area contributed by atoms with Crippen molar-refractivity contribution in [2.75, 3.05) is 37.7 Å². The number of benzene rings is 1. The zero-order valence-electron chi connectivity index (χ0n) is 16.5. The minimum Gasteiger partial charge on any atom is -0.484 e. The third-order valence-corrected chi connectivity index (χ3v) is 5.60. The standard InChI is InChI=1S/C22H19FN4O3S/c23-16-3-5-17(6-4-16)29-15-21(28)26-9-11-27(12-10-26)22-19(14-24)25-20(30-22)8-7-18-2-1-13-31-18/h1-8,13H,9-12,15H2/b8-7+. The summed E-state index contributed by atoms with van der Waals surface area (Å²) < 4.78 is 24.2. The minimum atomic E-state index is -0.357. The van der Waals surface area contributed by atoms with Gasteiger partial charge in [0.25, 0.3) is 5.91 Å². The second kappa shape index (κ2) is 9.45. The first-order chi connectivity index (χ1) is 15.1. The summed E-state index contributed by atoms with van der Waals surface area (Å²) >= 11 is 1.60. The Morgan fingerprint density at radius 1 is 1.23 bits per heavy atom. The van der Waals surface area contributed by atoms with Crippen LogP contribution in [0.25, 0.3) is 12.2 Å². The average molecular weight is 438 g/mol. The van der Waals surface area contributed by atoms with Gasteiger partial charge in [0.2, 0.25) is 17.5 Å². The van der Waals surface area contributed by atoms with E-state index in [1.807, 2.05) is 28.5 Å². The summed E-state index contributed by atoms with van der Waals surface area (Å²) in [6.07, 6.45) is 3.63. The first-order valence-corrected chi connectivity index (χ1v) is 10.5.